The lowest BCUT2D eigenvalue weighted by atomic mass is 9.99. The van der Waals surface area contributed by atoms with E-state index < -0.39 is 0 Å². The normalized spacial score (nSPS) is 20.0. The second-order valence-electron chi connectivity index (χ2n) is 4.65. The van der Waals surface area contributed by atoms with Crippen LogP contribution in [0.4, 0.5) is 5.69 Å². The Balaban J connectivity index is 2.15. The molecule has 1 aromatic carbocycles. The average molecular weight is 220 g/mol. The van der Waals surface area contributed by atoms with Gasteiger partial charge in [0.15, 0.2) is 0 Å². The van der Waals surface area contributed by atoms with Gasteiger partial charge in [-0.3, -0.25) is 0 Å². The Morgan fingerprint density at radius 2 is 2.12 bits per heavy atom. The molecule has 1 unspecified atom stereocenters. The first-order valence-corrected chi connectivity index (χ1v) is 5.85. The van der Waals surface area contributed by atoms with Crippen molar-refractivity contribution in [1.82, 2.24) is 4.90 Å². The number of benzene rings is 1. The maximum absolute atomic E-state index is 9.92. The molecule has 88 valence electrons. The highest BCUT2D eigenvalue weighted by molar-refractivity contribution is 5.56. The third-order valence-corrected chi connectivity index (χ3v) is 3.13. The Hall–Kier alpha value is -1.06. The second-order valence-corrected chi connectivity index (χ2v) is 4.65. The van der Waals surface area contributed by atoms with Gasteiger partial charge in [-0.05, 0) is 26.6 Å². The van der Waals surface area contributed by atoms with Crippen molar-refractivity contribution in [2.45, 2.75) is 12.5 Å². The van der Waals surface area contributed by atoms with Crippen molar-refractivity contribution in [2.24, 2.45) is 0 Å². The van der Waals surface area contributed by atoms with E-state index in [2.05, 4.69) is 30.0 Å². The van der Waals surface area contributed by atoms with Gasteiger partial charge in [0.2, 0.25) is 0 Å². The van der Waals surface area contributed by atoms with Gasteiger partial charge in [0.05, 0.1) is 6.10 Å². The van der Waals surface area contributed by atoms with E-state index in [9.17, 15) is 5.11 Å². The predicted octanol–water partition coefficient (Wildman–Crippen LogP) is 1.49. The third kappa shape index (κ3) is 2.36. The lowest BCUT2D eigenvalue weighted by molar-refractivity contribution is 0.164. The van der Waals surface area contributed by atoms with E-state index in [0.717, 1.165) is 31.6 Å². The van der Waals surface area contributed by atoms with Crippen LogP contribution < -0.4 is 4.90 Å². The van der Waals surface area contributed by atoms with Gasteiger partial charge in [0.1, 0.15) is 0 Å². The van der Waals surface area contributed by atoms with Crippen molar-refractivity contribution < 1.29 is 5.11 Å². The number of hydrogen-bond acceptors (Lipinski definition) is 3. The first kappa shape index (κ1) is 11.4. The minimum absolute atomic E-state index is 0.285. The summed E-state index contributed by atoms with van der Waals surface area (Å²) >= 11 is 0. The van der Waals surface area contributed by atoms with Crippen LogP contribution in [0.1, 0.15) is 18.1 Å². The molecule has 1 aliphatic heterocycles. The van der Waals surface area contributed by atoms with Crippen LogP contribution in [0, 0.1) is 0 Å². The predicted molar refractivity (Wildman–Crippen MR) is 66.8 cm³/mol. The molecule has 0 bridgehead atoms. The molecule has 3 nitrogen and oxygen atoms in total. The first-order chi connectivity index (χ1) is 7.68. The number of anilines is 1. The molecule has 0 saturated heterocycles. The van der Waals surface area contributed by atoms with Gasteiger partial charge in [0.25, 0.3) is 0 Å². The van der Waals surface area contributed by atoms with Crippen LogP contribution in [0.3, 0.4) is 0 Å². The van der Waals surface area contributed by atoms with Gasteiger partial charge in [-0.25, -0.2) is 0 Å². The topological polar surface area (TPSA) is 26.7 Å². The van der Waals surface area contributed by atoms with E-state index in [1.807, 2.05) is 18.2 Å². The van der Waals surface area contributed by atoms with Crippen molar-refractivity contribution in [3.8, 4) is 0 Å². The molecule has 1 N–H and O–H groups in total. The zero-order valence-electron chi connectivity index (χ0n) is 10.1. The number of likely N-dealkylation sites (N-methyl/N-ethyl adjacent to an activating group) is 1. The van der Waals surface area contributed by atoms with Crippen LogP contribution in [0.5, 0.6) is 0 Å². The van der Waals surface area contributed by atoms with Crippen LogP contribution in [-0.2, 0) is 0 Å². The van der Waals surface area contributed by atoms with E-state index in [4.69, 9.17) is 0 Å². The fourth-order valence-electron chi connectivity index (χ4n) is 2.16. The smallest absolute Gasteiger partial charge is 0.0826 e. The molecule has 0 aromatic heterocycles. The van der Waals surface area contributed by atoms with Crippen LogP contribution in [-0.4, -0.2) is 43.7 Å². The second kappa shape index (κ2) is 4.85. The van der Waals surface area contributed by atoms with Crippen LogP contribution in [0.2, 0.25) is 0 Å². The van der Waals surface area contributed by atoms with Crippen molar-refractivity contribution in [2.75, 3.05) is 38.6 Å². The van der Waals surface area contributed by atoms with Gasteiger partial charge in [-0.15, -0.1) is 0 Å². The SMILES string of the molecule is CN(C)CCN1CCC(O)c2ccccc21. The van der Waals surface area contributed by atoms with E-state index in [0.29, 0.717) is 0 Å². The maximum atomic E-state index is 9.92. The molecule has 0 fully saturated rings. The highest BCUT2D eigenvalue weighted by Gasteiger charge is 2.22. The van der Waals surface area contributed by atoms with Crippen LogP contribution >= 0.6 is 0 Å². The lowest BCUT2D eigenvalue weighted by Crippen LogP contribution is -2.36. The number of aliphatic hydroxyl groups is 1. The molecule has 0 saturated carbocycles. The van der Waals surface area contributed by atoms with E-state index >= 15 is 0 Å². The molecule has 0 amide bonds. The minimum Gasteiger partial charge on any atom is -0.388 e. The van der Waals surface area contributed by atoms with Crippen LogP contribution in [0.15, 0.2) is 24.3 Å². The molecule has 1 aliphatic rings. The molecule has 3 heteroatoms. The van der Waals surface area contributed by atoms with Crippen LogP contribution in [0.25, 0.3) is 0 Å². The van der Waals surface area contributed by atoms with Gasteiger partial charge in [0, 0.05) is 30.9 Å². The molecule has 1 aromatic rings. The summed E-state index contributed by atoms with van der Waals surface area (Å²) in [6.07, 6.45) is 0.552. The highest BCUT2D eigenvalue weighted by Crippen LogP contribution is 2.32. The Morgan fingerprint density at radius 3 is 2.88 bits per heavy atom. The molecule has 2 rings (SSSR count). The third-order valence-electron chi connectivity index (χ3n) is 3.13. The fourth-order valence-corrected chi connectivity index (χ4v) is 2.16. The molecule has 0 aliphatic carbocycles. The molecule has 1 atom stereocenters. The van der Waals surface area contributed by atoms with Crippen molar-refractivity contribution in [3.05, 3.63) is 29.8 Å². The van der Waals surface area contributed by atoms with E-state index in [1.54, 1.807) is 0 Å². The minimum atomic E-state index is -0.285. The summed E-state index contributed by atoms with van der Waals surface area (Å²) < 4.78 is 0. The lowest BCUT2D eigenvalue weighted by Gasteiger charge is -2.34. The van der Waals surface area contributed by atoms with E-state index in [-0.39, 0.29) is 6.10 Å². The molecule has 1 heterocycles. The standard InChI is InChI=1S/C13H20N2O/c1-14(2)9-10-15-8-7-13(16)11-5-3-4-6-12(11)15/h3-6,13,16H,7-10H2,1-2H3. The van der Waals surface area contributed by atoms with Crippen molar-refractivity contribution in [1.29, 1.82) is 0 Å². The van der Waals surface area contributed by atoms with Gasteiger partial charge >= 0.3 is 0 Å². The monoisotopic (exact) mass is 220 g/mol. The highest BCUT2D eigenvalue weighted by atomic mass is 16.3. The zero-order chi connectivity index (χ0) is 11.5. The summed E-state index contributed by atoms with van der Waals surface area (Å²) in [7, 11) is 4.18. The number of hydrogen-bond donors (Lipinski definition) is 1. The molecular formula is C13H20N2O. The summed E-state index contributed by atoms with van der Waals surface area (Å²) in [5.74, 6) is 0. The summed E-state index contributed by atoms with van der Waals surface area (Å²) in [4.78, 5) is 4.55. The zero-order valence-corrected chi connectivity index (χ0v) is 10.1. The number of rotatable bonds is 3. The van der Waals surface area contributed by atoms with E-state index in [1.165, 1.54) is 5.69 Å². The average Bonchev–Trinajstić information content (AvgIpc) is 2.28. The maximum Gasteiger partial charge on any atom is 0.0826 e. The number of para-hydroxylation sites is 1. The molecule has 0 spiro atoms. The Labute approximate surface area is 97.3 Å². The number of fused-ring (bicyclic) bond motifs is 1. The Kier molecular flexibility index (Phi) is 3.46. The Bertz CT molecular complexity index is 352. The quantitative estimate of drug-likeness (QED) is 0.836. The fraction of sp³-hybridized carbons (Fsp3) is 0.538. The first-order valence-electron chi connectivity index (χ1n) is 5.85. The molecule has 0 radical (unpaired) electrons. The van der Waals surface area contributed by atoms with Crippen molar-refractivity contribution >= 4 is 5.69 Å². The summed E-state index contributed by atoms with van der Waals surface area (Å²) in [6, 6.07) is 8.17. The largest absolute Gasteiger partial charge is 0.388 e. The summed E-state index contributed by atoms with van der Waals surface area (Å²) in [6.45, 7) is 3.02. The van der Waals surface area contributed by atoms with Crippen molar-refractivity contribution in [3.63, 3.8) is 0 Å². The number of nitrogens with zero attached hydrogens (tertiary/aromatic N) is 2. The summed E-state index contributed by atoms with van der Waals surface area (Å²) in [5, 5.41) is 9.92. The van der Waals surface area contributed by atoms with Gasteiger partial charge in [-0.1, -0.05) is 18.2 Å². The molecular weight excluding hydrogens is 200 g/mol. The van der Waals surface area contributed by atoms with Gasteiger partial charge < -0.3 is 14.9 Å². The Morgan fingerprint density at radius 1 is 1.38 bits per heavy atom. The number of aliphatic hydroxyl groups excluding tert-OH is 1. The molecule has 16 heavy (non-hydrogen) atoms. The summed E-state index contributed by atoms with van der Waals surface area (Å²) in [5.41, 5.74) is 2.27. The van der Waals surface area contributed by atoms with Gasteiger partial charge in [-0.2, -0.15) is 0 Å².